The van der Waals surface area contributed by atoms with Gasteiger partial charge in [0.05, 0.1) is 4.88 Å². The van der Waals surface area contributed by atoms with Gasteiger partial charge in [-0.05, 0) is 93.0 Å². The predicted octanol–water partition coefficient (Wildman–Crippen LogP) is 5.04. The lowest BCUT2D eigenvalue weighted by atomic mass is 9.85. The third kappa shape index (κ3) is 4.53. The van der Waals surface area contributed by atoms with Gasteiger partial charge in [0.15, 0.2) is 11.6 Å². The number of piperidine rings is 1. The molecule has 4 rings (SSSR count). The number of carbonyl (C=O) groups excluding carboxylic acids is 2. The van der Waals surface area contributed by atoms with Crippen LogP contribution < -0.4 is 0 Å². The van der Waals surface area contributed by atoms with Crippen molar-refractivity contribution < 1.29 is 14.0 Å². The second-order valence-corrected chi connectivity index (χ2v) is 8.57. The van der Waals surface area contributed by atoms with Gasteiger partial charge in [-0.15, -0.1) is 23.7 Å². The van der Waals surface area contributed by atoms with E-state index in [9.17, 15) is 14.0 Å². The van der Waals surface area contributed by atoms with Crippen molar-refractivity contribution in [3.05, 3.63) is 57.5 Å². The van der Waals surface area contributed by atoms with Gasteiger partial charge in [0, 0.05) is 17.4 Å². The van der Waals surface area contributed by atoms with Crippen molar-refractivity contribution in [3.8, 4) is 0 Å². The maximum Gasteiger partial charge on any atom is 0.176 e. The Balaban J connectivity index is 0.00000225. The van der Waals surface area contributed by atoms with E-state index in [4.69, 9.17) is 0 Å². The van der Waals surface area contributed by atoms with Crippen molar-refractivity contribution in [2.75, 3.05) is 19.6 Å². The molecule has 1 saturated heterocycles. The van der Waals surface area contributed by atoms with Gasteiger partial charge in [0.1, 0.15) is 5.82 Å². The first-order valence-electron chi connectivity index (χ1n) is 9.74. The van der Waals surface area contributed by atoms with Crippen LogP contribution in [0.3, 0.4) is 0 Å². The first kappa shape index (κ1) is 21.2. The number of rotatable bonds is 5. The van der Waals surface area contributed by atoms with Crippen LogP contribution in [0.2, 0.25) is 0 Å². The Kier molecular flexibility index (Phi) is 7.02. The molecule has 1 aromatic carbocycles. The molecule has 1 fully saturated rings. The fourth-order valence-electron chi connectivity index (χ4n) is 4.28. The number of carbonyl (C=O) groups is 2. The Morgan fingerprint density at radius 3 is 2.54 bits per heavy atom. The molecule has 2 aliphatic rings. The van der Waals surface area contributed by atoms with Gasteiger partial charge in [0.2, 0.25) is 0 Å². The summed E-state index contributed by atoms with van der Waals surface area (Å²) in [5.41, 5.74) is 1.83. The van der Waals surface area contributed by atoms with E-state index in [0.717, 1.165) is 56.6 Å². The number of hydrogen-bond acceptors (Lipinski definition) is 4. The summed E-state index contributed by atoms with van der Waals surface area (Å²) in [7, 11) is 0. The maximum atomic E-state index is 13.0. The summed E-state index contributed by atoms with van der Waals surface area (Å²) in [4.78, 5) is 28.5. The van der Waals surface area contributed by atoms with Crippen LogP contribution in [0.1, 0.15) is 51.3 Å². The van der Waals surface area contributed by atoms with E-state index in [1.54, 1.807) is 23.5 Å². The second kappa shape index (κ2) is 9.29. The highest BCUT2D eigenvalue weighted by Crippen LogP contribution is 2.31. The molecule has 6 heteroatoms. The van der Waals surface area contributed by atoms with Gasteiger partial charge in [0.25, 0.3) is 0 Å². The zero-order valence-corrected chi connectivity index (χ0v) is 17.4. The number of halogens is 2. The molecule has 2 heterocycles. The number of likely N-dealkylation sites (tertiary alicyclic amines) is 1. The maximum absolute atomic E-state index is 13.0. The van der Waals surface area contributed by atoms with E-state index in [2.05, 4.69) is 11.0 Å². The number of hydrogen-bond donors (Lipinski definition) is 0. The molecule has 0 spiro atoms. The molecular weight excluding hydrogens is 397 g/mol. The van der Waals surface area contributed by atoms with E-state index in [1.165, 1.54) is 17.7 Å². The topological polar surface area (TPSA) is 37.4 Å². The average molecular weight is 422 g/mol. The minimum atomic E-state index is -0.312. The Bertz CT molecular complexity index is 827. The molecular formula is C22H25ClFNO2S. The fourth-order valence-corrected chi connectivity index (χ4v) is 5.25. The quantitative estimate of drug-likeness (QED) is 0.635. The summed E-state index contributed by atoms with van der Waals surface area (Å²) in [6.45, 7) is 2.71. The van der Waals surface area contributed by atoms with Crippen LogP contribution in [0, 0.1) is 17.7 Å². The standard InChI is InChI=1S/C22H24FNO2S.ClH/c23-19-5-3-15(4-6-19)20(25)17-8-12-24(13-9-17)11-7-16-1-2-18-10-14-27-22(18)21(16)26;/h3-6,10,14,16-17H,1-2,7-9,11-13H2;1H. The van der Waals surface area contributed by atoms with Crippen molar-refractivity contribution in [2.45, 2.75) is 32.1 Å². The Hall–Kier alpha value is -1.56. The lowest BCUT2D eigenvalue weighted by Crippen LogP contribution is -2.38. The second-order valence-electron chi connectivity index (χ2n) is 7.65. The van der Waals surface area contributed by atoms with E-state index in [0.29, 0.717) is 11.3 Å². The van der Waals surface area contributed by atoms with Crippen molar-refractivity contribution in [1.29, 1.82) is 0 Å². The van der Waals surface area contributed by atoms with E-state index >= 15 is 0 Å². The number of thiophene rings is 1. The summed E-state index contributed by atoms with van der Waals surface area (Å²) in [5.74, 6) is 0.315. The number of fused-ring (bicyclic) bond motifs is 1. The van der Waals surface area contributed by atoms with Crippen molar-refractivity contribution in [3.63, 3.8) is 0 Å². The van der Waals surface area contributed by atoms with Gasteiger partial charge in [-0.2, -0.15) is 0 Å². The van der Waals surface area contributed by atoms with Crippen LogP contribution in [-0.2, 0) is 6.42 Å². The molecule has 2 aromatic rings. The highest BCUT2D eigenvalue weighted by atomic mass is 35.5. The van der Waals surface area contributed by atoms with Crippen molar-refractivity contribution >= 4 is 35.3 Å². The lowest BCUT2D eigenvalue weighted by Gasteiger charge is -2.32. The average Bonchev–Trinajstić information content (AvgIpc) is 3.18. The third-order valence-electron chi connectivity index (χ3n) is 5.98. The third-order valence-corrected chi connectivity index (χ3v) is 6.96. The number of nitrogens with zero attached hydrogens (tertiary/aromatic N) is 1. The largest absolute Gasteiger partial charge is 0.303 e. The van der Waals surface area contributed by atoms with Gasteiger partial charge in [-0.3, -0.25) is 9.59 Å². The number of benzene rings is 1. The predicted molar refractivity (Wildman–Crippen MR) is 112 cm³/mol. The Labute approximate surface area is 175 Å². The SMILES string of the molecule is Cl.O=C(c1ccc(F)cc1)C1CCN(CCC2CCc3ccsc3C2=O)CC1. The molecule has 1 aromatic heterocycles. The monoisotopic (exact) mass is 421 g/mol. The van der Waals surface area contributed by atoms with Crippen LogP contribution in [0.15, 0.2) is 35.7 Å². The zero-order chi connectivity index (χ0) is 18.8. The molecule has 0 bridgehead atoms. The summed E-state index contributed by atoms with van der Waals surface area (Å²) in [6, 6.07) is 7.94. The molecule has 150 valence electrons. The van der Waals surface area contributed by atoms with Crippen LogP contribution >= 0.6 is 23.7 Å². The van der Waals surface area contributed by atoms with Gasteiger partial charge in [-0.1, -0.05) is 0 Å². The summed E-state index contributed by atoms with van der Waals surface area (Å²) in [5, 5.41) is 2.02. The molecule has 1 aliphatic heterocycles. The molecule has 28 heavy (non-hydrogen) atoms. The minimum Gasteiger partial charge on any atom is -0.303 e. The summed E-state index contributed by atoms with van der Waals surface area (Å²) < 4.78 is 13.0. The van der Waals surface area contributed by atoms with Gasteiger partial charge in [-0.25, -0.2) is 4.39 Å². The van der Waals surface area contributed by atoms with E-state index in [-0.39, 0.29) is 35.8 Å². The van der Waals surface area contributed by atoms with Crippen molar-refractivity contribution in [2.24, 2.45) is 11.8 Å². The zero-order valence-electron chi connectivity index (χ0n) is 15.7. The highest BCUT2D eigenvalue weighted by molar-refractivity contribution is 7.12. The molecule has 1 atom stereocenters. The van der Waals surface area contributed by atoms with Crippen molar-refractivity contribution in [1.82, 2.24) is 4.90 Å². The Morgan fingerprint density at radius 2 is 1.82 bits per heavy atom. The molecule has 0 N–H and O–H groups in total. The van der Waals surface area contributed by atoms with Crippen LogP contribution in [0.25, 0.3) is 0 Å². The van der Waals surface area contributed by atoms with Crippen LogP contribution in [0.5, 0.6) is 0 Å². The molecule has 3 nitrogen and oxygen atoms in total. The molecule has 0 saturated carbocycles. The highest BCUT2D eigenvalue weighted by Gasteiger charge is 2.30. The summed E-state index contributed by atoms with van der Waals surface area (Å²) in [6.07, 6.45) is 4.56. The van der Waals surface area contributed by atoms with Gasteiger partial charge >= 0.3 is 0 Å². The minimum absolute atomic E-state index is 0. The normalized spacial score (nSPS) is 20.5. The molecule has 1 aliphatic carbocycles. The van der Waals surface area contributed by atoms with E-state index in [1.807, 2.05) is 5.38 Å². The fraction of sp³-hybridized carbons (Fsp3) is 0.455. The Morgan fingerprint density at radius 1 is 1.11 bits per heavy atom. The lowest BCUT2D eigenvalue weighted by molar-refractivity contribution is 0.0821. The first-order valence-corrected chi connectivity index (χ1v) is 10.6. The van der Waals surface area contributed by atoms with Crippen LogP contribution in [-0.4, -0.2) is 36.1 Å². The summed E-state index contributed by atoms with van der Waals surface area (Å²) >= 11 is 1.58. The first-order chi connectivity index (χ1) is 13.1. The number of ketones is 2. The van der Waals surface area contributed by atoms with Gasteiger partial charge < -0.3 is 4.90 Å². The number of aryl methyl sites for hydroxylation is 1. The smallest absolute Gasteiger partial charge is 0.176 e. The van der Waals surface area contributed by atoms with E-state index < -0.39 is 0 Å². The molecule has 0 amide bonds. The number of Topliss-reactive ketones (excluding diaryl/α,β-unsaturated/α-hetero) is 2. The van der Waals surface area contributed by atoms with Crippen LogP contribution in [0.4, 0.5) is 4.39 Å². The molecule has 0 radical (unpaired) electrons. The molecule has 1 unspecified atom stereocenters.